The van der Waals surface area contributed by atoms with Gasteiger partial charge in [-0.1, -0.05) is 10.3 Å². The Bertz CT molecular complexity index is 1420. The number of aliphatic carboxylic acids is 1. The Balaban J connectivity index is 1.34. The Morgan fingerprint density at radius 3 is 2.92 bits per heavy atom. The summed E-state index contributed by atoms with van der Waals surface area (Å²) in [6.07, 6.45) is 4.77. The van der Waals surface area contributed by atoms with E-state index in [0.717, 1.165) is 16.2 Å². The number of carboxylic acids is 1. The summed E-state index contributed by atoms with van der Waals surface area (Å²) in [4.78, 5) is 46.8. The third-order valence-corrected chi connectivity index (χ3v) is 7.47. The molecule has 5 heterocycles. The van der Waals surface area contributed by atoms with E-state index in [1.54, 1.807) is 29.1 Å². The molecule has 14 nitrogen and oxygen atoms in total. The fourth-order valence-electron chi connectivity index (χ4n) is 3.89. The zero-order valence-electron chi connectivity index (χ0n) is 18.1. The highest BCUT2D eigenvalue weighted by Gasteiger charge is 2.54. The van der Waals surface area contributed by atoms with Crippen LogP contribution in [0.15, 0.2) is 57.2 Å². The van der Waals surface area contributed by atoms with E-state index < -0.39 is 34.9 Å². The van der Waals surface area contributed by atoms with E-state index in [-0.39, 0.29) is 23.1 Å². The largest absolute Gasteiger partial charge is 0.477 e. The number of nitrogens with zero attached hydrogens (tertiary/aromatic N) is 6. The molecule has 2 aliphatic rings. The minimum Gasteiger partial charge on any atom is -0.477 e. The zero-order chi connectivity index (χ0) is 25.4. The van der Waals surface area contributed by atoms with Crippen molar-refractivity contribution < 1.29 is 33.8 Å². The van der Waals surface area contributed by atoms with Crippen molar-refractivity contribution in [2.45, 2.75) is 18.0 Å². The minimum absolute atomic E-state index is 0.0608. The van der Waals surface area contributed by atoms with Crippen LogP contribution in [0, 0.1) is 0 Å². The molecule has 0 saturated carbocycles. The van der Waals surface area contributed by atoms with Gasteiger partial charge >= 0.3 is 5.97 Å². The number of pyridine rings is 1. The van der Waals surface area contributed by atoms with Crippen LogP contribution in [-0.4, -0.2) is 71.0 Å². The molecule has 0 spiro atoms. The maximum absolute atomic E-state index is 12.9. The van der Waals surface area contributed by atoms with Gasteiger partial charge in [-0.2, -0.15) is 4.98 Å². The van der Waals surface area contributed by atoms with E-state index in [4.69, 9.17) is 10.3 Å². The number of nitrogen functional groups attached to an aromatic ring is 1. The summed E-state index contributed by atoms with van der Waals surface area (Å²) in [5, 5.41) is 29.3. The van der Waals surface area contributed by atoms with Gasteiger partial charge in [0.25, 0.3) is 17.7 Å². The maximum atomic E-state index is 12.9. The molecule has 2 atom stereocenters. The van der Waals surface area contributed by atoms with Gasteiger partial charge < -0.3 is 25.9 Å². The molecule has 0 bridgehead atoms. The molecule has 3 aromatic rings. The predicted molar refractivity (Wildman–Crippen MR) is 124 cm³/mol. The number of nitrogens with one attached hydrogen (secondary N) is 1. The van der Waals surface area contributed by atoms with Crippen molar-refractivity contribution in [1.82, 2.24) is 25.3 Å². The number of carboxylic acid groups (broad SMARTS) is 1. The second kappa shape index (κ2) is 9.38. The molecule has 3 aromatic heterocycles. The van der Waals surface area contributed by atoms with E-state index in [1.807, 2.05) is 0 Å². The molecule has 0 radical (unpaired) electrons. The molecule has 0 unspecified atom stereocenters. The van der Waals surface area contributed by atoms with Gasteiger partial charge in [0.2, 0.25) is 0 Å². The zero-order valence-corrected chi connectivity index (χ0v) is 19.8. The molecular formula is C20H17N8O6S2+. The molecule has 2 aliphatic heterocycles. The van der Waals surface area contributed by atoms with E-state index in [2.05, 4.69) is 25.6 Å². The van der Waals surface area contributed by atoms with Gasteiger partial charge in [0.1, 0.15) is 28.4 Å². The summed E-state index contributed by atoms with van der Waals surface area (Å²) >= 11 is 2.37. The molecule has 0 aromatic carbocycles. The van der Waals surface area contributed by atoms with Crippen LogP contribution >= 0.6 is 23.1 Å². The highest BCUT2D eigenvalue weighted by atomic mass is 32.2. The number of anilines is 1. The number of amides is 2. The number of carbonyl (C=O) groups excluding carboxylic acids is 2. The lowest BCUT2D eigenvalue weighted by molar-refractivity contribution is -0.688. The third kappa shape index (κ3) is 4.16. The van der Waals surface area contributed by atoms with E-state index in [0.29, 0.717) is 22.8 Å². The first-order valence-electron chi connectivity index (χ1n) is 10.3. The lowest BCUT2D eigenvalue weighted by atomic mass is 10.0. The number of aromatic nitrogens is 4. The van der Waals surface area contributed by atoms with E-state index >= 15 is 0 Å². The van der Waals surface area contributed by atoms with Crippen LogP contribution in [0.4, 0.5) is 5.13 Å². The van der Waals surface area contributed by atoms with Crippen LogP contribution in [0.25, 0.3) is 11.5 Å². The lowest BCUT2D eigenvalue weighted by Crippen LogP contribution is -2.71. The van der Waals surface area contributed by atoms with Gasteiger partial charge in [0.15, 0.2) is 36.1 Å². The van der Waals surface area contributed by atoms with E-state index in [9.17, 15) is 24.7 Å². The van der Waals surface area contributed by atoms with Gasteiger partial charge in [-0.3, -0.25) is 14.5 Å². The Morgan fingerprint density at radius 1 is 1.42 bits per heavy atom. The molecule has 1 fully saturated rings. The highest BCUT2D eigenvalue weighted by Crippen LogP contribution is 2.40. The monoisotopic (exact) mass is 529 g/mol. The Morgan fingerprint density at radius 2 is 2.25 bits per heavy atom. The van der Waals surface area contributed by atoms with Crippen LogP contribution < -0.4 is 15.6 Å². The summed E-state index contributed by atoms with van der Waals surface area (Å²) in [5.74, 6) is -2.05. The van der Waals surface area contributed by atoms with Crippen molar-refractivity contribution >= 4 is 51.7 Å². The average Bonchev–Trinajstić information content (AvgIpc) is 3.55. The van der Waals surface area contributed by atoms with Gasteiger partial charge in [0.05, 0.1) is 0 Å². The predicted octanol–water partition coefficient (Wildman–Crippen LogP) is -0.320. The molecule has 5 N–H and O–H groups in total. The second-order valence-corrected chi connectivity index (χ2v) is 9.64. The fourth-order valence-corrected chi connectivity index (χ4v) is 5.77. The minimum atomic E-state index is -1.25. The summed E-state index contributed by atoms with van der Waals surface area (Å²) < 4.78 is 6.83. The topological polar surface area (TPSA) is 201 Å². The standard InChI is InChI=1S/C20H16N8O6S2/c21-20-24-11(7-36-20)12(26-33)15(29)25-13-17(30)28-14(19(31)32)10(6-35-18(13)28)5-27-3-1-2-9(4-27)16-22-8-23-34-16/h1-4,7-8,13,18H,5-6H2,(H4-,21,24,25,29,31,32,33)/p+1/t13-,18+/m1/s1. The van der Waals surface area contributed by atoms with Crippen molar-refractivity contribution in [3.8, 4) is 11.5 Å². The average molecular weight is 530 g/mol. The van der Waals surface area contributed by atoms with E-state index in [1.165, 1.54) is 23.5 Å². The number of hydrogen-bond donors (Lipinski definition) is 4. The number of oxime groups is 1. The molecule has 0 aliphatic carbocycles. The van der Waals surface area contributed by atoms with Gasteiger partial charge in [-0.25, -0.2) is 14.3 Å². The number of fused-ring (bicyclic) bond motifs is 1. The Kier molecular flexibility index (Phi) is 6.11. The van der Waals surface area contributed by atoms with Crippen LogP contribution in [0.3, 0.4) is 0 Å². The van der Waals surface area contributed by atoms with Crippen molar-refractivity contribution in [2.75, 3.05) is 11.5 Å². The number of hydrogen-bond acceptors (Lipinski definition) is 12. The highest BCUT2D eigenvalue weighted by molar-refractivity contribution is 8.00. The SMILES string of the molecule is Nc1nc(C(=NO)C(=O)N[C@@H]2C(=O)N3C(C(=O)O)=C(C[n+]4cccc(-c5ncno5)c4)CS[C@@H]23)cs1. The van der Waals surface area contributed by atoms with Crippen LogP contribution in [0.5, 0.6) is 0 Å². The molecule has 2 amide bonds. The van der Waals surface area contributed by atoms with Crippen molar-refractivity contribution in [1.29, 1.82) is 0 Å². The molecular weight excluding hydrogens is 512 g/mol. The normalized spacial score (nSPS) is 19.6. The number of nitrogens with two attached hydrogens (primary N) is 1. The molecule has 16 heteroatoms. The first-order chi connectivity index (χ1) is 17.4. The number of carbonyl (C=O) groups is 3. The first-order valence-corrected chi connectivity index (χ1v) is 12.2. The van der Waals surface area contributed by atoms with Gasteiger partial charge in [-0.05, 0) is 6.07 Å². The second-order valence-electron chi connectivity index (χ2n) is 7.65. The fraction of sp³-hybridized carbons (Fsp3) is 0.200. The summed E-state index contributed by atoms with van der Waals surface area (Å²) in [7, 11) is 0. The van der Waals surface area contributed by atoms with Crippen LogP contribution in [0.1, 0.15) is 5.69 Å². The molecule has 36 heavy (non-hydrogen) atoms. The third-order valence-electron chi connectivity index (χ3n) is 5.46. The number of thioether (sulfide) groups is 1. The Hall–Kier alpha value is -4.31. The summed E-state index contributed by atoms with van der Waals surface area (Å²) in [5.41, 5.74) is 6.27. The van der Waals surface area contributed by atoms with Crippen LogP contribution in [0.2, 0.25) is 0 Å². The number of β-lactam (4-membered cyclic amide) rings is 1. The van der Waals surface area contributed by atoms with Gasteiger partial charge in [0, 0.05) is 22.8 Å². The van der Waals surface area contributed by atoms with Crippen molar-refractivity contribution in [2.24, 2.45) is 5.16 Å². The number of thiazole rings is 1. The quantitative estimate of drug-likeness (QED) is 0.103. The first kappa shape index (κ1) is 23.4. The maximum Gasteiger partial charge on any atom is 0.352 e. The molecule has 1 saturated heterocycles. The number of rotatable bonds is 7. The smallest absolute Gasteiger partial charge is 0.352 e. The van der Waals surface area contributed by atoms with Gasteiger partial charge in [-0.15, -0.1) is 23.1 Å². The molecule has 184 valence electrons. The molecule has 5 rings (SSSR count). The van der Waals surface area contributed by atoms with Crippen molar-refractivity contribution in [3.63, 3.8) is 0 Å². The summed E-state index contributed by atoms with van der Waals surface area (Å²) in [6.45, 7) is 0.205. The Labute approximate surface area is 210 Å². The lowest BCUT2D eigenvalue weighted by Gasteiger charge is -2.49. The van der Waals surface area contributed by atoms with Crippen LogP contribution in [-0.2, 0) is 20.9 Å². The van der Waals surface area contributed by atoms with Crippen molar-refractivity contribution in [3.05, 3.63) is 53.2 Å². The summed E-state index contributed by atoms with van der Waals surface area (Å²) in [6, 6.07) is 2.54.